The Morgan fingerprint density at radius 2 is 1.92 bits per heavy atom. The van der Waals surface area contributed by atoms with Gasteiger partial charge in [-0.15, -0.1) is 6.58 Å². The van der Waals surface area contributed by atoms with Crippen LogP contribution in [-0.2, 0) is 10.0 Å². The highest BCUT2D eigenvalue weighted by molar-refractivity contribution is 7.89. The molecule has 0 radical (unpaired) electrons. The van der Waals surface area contributed by atoms with Crippen LogP contribution in [0.3, 0.4) is 0 Å². The van der Waals surface area contributed by atoms with Gasteiger partial charge >= 0.3 is 0 Å². The van der Waals surface area contributed by atoms with Crippen LogP contribution >= 0.6 is 11.6 Å². The number of hydrogen-bond donors (Lipinski definition) is 2. The summed E-state index contributed by atoms with van der Waals surface area (Å²) in [5.74, 6) is -2.31. The first-order valence-corrected chi connectivity index (χ1v) is 8.77. The van der Waals surface area contributed by atoms with Gasteiger partial charge in [-0.1, -0.05) is 17.7 Å². The molecule has 0 unspecified atom stereocenters. The SMILES string of the molecule is C=CCNS(=O)(=O)c1cc(C(=O)Nc2ccc(F)cc2Cl)ccc1F. The van der Waals surface area contributed by atoms with Crippen molar-refractivity contribution in [3.05, 3.63) is 71.3 Å². The summed E-state index contributed by atoms with van der Waals surface area (Å²) in [6, 6.07) is 6.24. The molecule has 25 heavy (non-hydrogen) atoms. The monoisotopic (exact) mass is 386 g/mol. The summed E-state index contributed by atoms with van der Waals surface area (Å²) in [6.45, 7) is 3.27. The number of rotatable bonds is 6. The van der Waals surface area contributed by atoms with E-state index in [4.69, 9.17) is 11.6 Å². The molecule has 0 aliphatic carbocycles. The molecule has 5 nitrogen and oxygen atoms in total. The van der Waals surface area contributed by atoms with Crippen molar-refractivity contribution in [2.24, 2.45) is 0 Å². The standard InChI is InChI=1S/C16H13ClF2N2O3S/c1-2-7-20-25(23,24)15-8-10(3-5-13(15)19)16(22)21-14-6-4-11(18)9-12(14)17/h2-6,8-9,20H,1,7H2,(H,21,22). The molecular formula is C16H13ClF2N2O3S. The van der Waals surface area contributed by atoms with Crippen molar-refractivity contribution >= 4 is 33.2 Å². The summed E-state index contributed by atoms with van der Waals surface area (Å²) in [5, 5.41) is 2.37. The zero-order valence-corrected chi connectivity index (χ0v) is 14.3. The predicted molar refractivity (Wildman–Crippen MR) is 91.1 cm³/mol. The topological polar surface area (TPSA) is 75.3 Å². The van der Waals surface area contributed by atoms with Crippen LogP contribution in [-0.4, -0.2) is 20.9 Å². The Hall–Kier alpha value is -2.29. The molecule has 0 saturated carbocycles. The number of halogens is 3. The van der Waals surface area contributed by atoms with Crippen LogP contribution in [0.4, 0.5) is 14.5 Å². The molecule has 0 aliphatic rings. The average molecular weight is 387 g/mol. The molecule has 0 aromatic heterocycles. The molecule has 0 atom stereocenters. The Morgan fingerprint density at radius 1 is 1.20 bits per heavy atom. The summed E-state index contributed by atoms with van der Waals surface area (Å²) in [5.41, 5.74) is 0.0207. The highest BCUT2D eigenvalue weighted by Gasteiger charge is 2.21. The van der Waals surface area contributed by atoms with Gasteiger partial charge in [-0.2, -0.15) is 0 Å². The summed E-state index contributed by atoms with van der Waals surface area (Å²) < 4.78 is 53.1. The second-order valence-electron chi connectivity index (χ2n) is 4.86. The van der Waals surface area contributed by atoms with Crippen molar-refractivity contribution in [1.29, 1.82) is 0 Å². The maximum Gasteiger partial charge on any atom is 0.255 e. The third-order valence-corrected chi connectivity index (χ3v) is 4.83. The Labute approximate surface area is 148 Å². The Balaban J connectivity index is 2.32. The van der Waals surface area contributed by atoms with E-state index in [2.05, 4.69) is 16.6 Å². The van der Waals surface area contributed by atoms with Crippen LogP contribution in [0.2, 0.25) is 5.02 Å². The van der Waals surface area contributed by atoms with Crippen LogP contribution in [0, 0.1) is 11.6 Å². The van der Waals surface area contributed by atoms with E-state index >= 15 is 0 Å². The Kier molecular flexibility index (Phi) is 5.89. The van der Waals surface area contributed by atoms with Crippen molar-refractivity contribution in [3.8, 4) is 0 Å². The van der Waals surface area contributed by atoms with E-state index in [-0.39, 0.29) is 22.8 Å². The van der Waals surface area contributed by atoms with Crippen molar-refractivity contribution in [1.82, 2.24) is 4.72 Å². The molecule has 1 amide bonds. The van der Waals surface area contributed by atoms with Crippen LogP contribution in [0.5, 0.6) is 0 Å². The van der Waals surface area contributed by atoms with Gasteiger partial charge in [-0.05, 0) is 36.4 Å². The second-order valence-corrected chi connectivity index (χ2v) is 7.01. The van der Waals surface area contributed by atoms with E-state index in [0.29, 0.717) is 0 Å². The van der Waals surface area contributed by atoms with Crippen LogP contribution in [0.15, 0.2) is 53.9 Å². The lowest BCUT2D eigenvalue weighted by Crippen LogP contribution is -2.25. The van der Waals surface area contributed by atoms with Crippen LogP contribution < -0.4 is 10.0 Å². The quantitative estimate of drug-likeness (QED) is 0.748. The number of carbonyl (C=O) groups is 1. The molecule has 0 aliphatic heterocycles. The lowest BCUT2D eigenvalue weighted by atomic mass is 10.2. The maximum atomic E-state index is 13.9. The Bertz CT molecular complexity index is 933. The van der Waals surface area contributed by atoms with E-state index < -0.39 is 32.5 Å². The number of sulfonamides is 1. The normalized spacial score (nSPS) is 11.2. The fourth-order valence-electron chi connectivity index (χ4n) is 1.88. The highest BCUT2D eigenvalue weighted by Crippen LogP contribution is 2.24. The summed E-state index contributed by atoms with van der Waals surface area (Å²) in [7, 11) is -4.15. The highest BCUT2D eigenvalue weighted by atomic mass is 35.5. The number of anilines is 1. The zero-order valence-electron chi connectivity index (χ0n) is 12.7. The first-order valence-electron chi connectivity index (χ1n) is 6.91. The molecule has 0 heterocycles. The number of nitrogens with one attached hydrogen (secondary N) is 2. The molecule has 0 saturated heterocycles. The van der Waals surface area contributed by atoms with E-state index in [1.165, 1.54) is 12.1 Å². The molecule has 2 aromatic carbocycles. The van der Waals surface area contributed by atoms with Crippen LogP contribution in [0.25, 0.3) is 0 Å². The molecule has 0 bridgehead atoms. The predicted octanol–water partition coefficient (Wildman–Crippen LogP) is 3.33. The van der Waals surface area contributed by atoms with Gasteiger partial charge in [0.05, 0.1) is 10.7 Å². The first-order chi connectivity index (χ1) is 11.7. The van der Waals surface area contributed by atoms with Gasteiger partial charge < -0.3 is 5.32 Å². The van der Waals surface area contributed by atoms with E-state index in [0.717, 1.165) is 30.3 Å². The fraction of sp³-hybridized carbons (Fsp3) is 0.0625. The van der Waals surface area contributed by atoms with E-state index in [1.807, 2.05) is 0 Å². The maximum absolute atomic E-state index is 13.9. The molecule has 2 aromatic rings. The fourth-order valence-corrected chi connectivity index (χ4v) is 3.20. The smallest absolute Gasteiger partial charge is 0.255 e. The number of hydrogen-bond acceptors (Lipinski definition) is 3. The molecule has 132 valence electrons. The first kappa shape index (κ1) is 19.0. The van der Waals surface area contributed by atoms with Gasteiger partial charge in [-0.3, -0.25) is 4.79 Å². The van der Waals surface area contributed by atoms with Gasteiger partial charge in [0.1, 0.15) is 16.5 Å². The summed E-state index contributed by atoms with van der Waals surface area (Å²) in [4.78, 5) is 11.6. The molecular weight excluding hydrogens is 374 g/mol. The third-order valence-electron chi connectivity index (χ3n) is 3.08. The van der Waals surface area contributed by atoms with Crippen molar-refractivity contribution in [3.63, 3.8) is 0 Å². The lowest BCUT2D eigenvalue weighted by molar-refractivity contribution is 0.102. The van der Waals surface area contributed by atoms with Crippen LogP contribution in [0.1, 0.15) is 10.4 Å². The molecule has 0 spiro atoms. The van der Waals surface area contributed by atoms with Gasteiger partial charge in [0.15, 0.2) is 0 Å². The molecule has 2 N–H and O–H groups in total. The summed E-state index contributed by atoms with van der Waals surface area (Å²) in [6.07, 6.45) is 1.29. The largest absolute Gasteiger partial charge is 0.321 e. The second kappa shape index (κ2) is 7.73. The lowest BCUT2D eigenvalue weighted by Gasteiger charge is -2.10. The van der Waals surface area contributed by atoms with Gasteiger partial charge in [0, 0.05) is 12.1 Å². The number of carbonyl (C=O) groups excluding carboxylic acids is 1. The minimum Gasteiger partial charge on any atom is -0.321 e. The van der Waals surface area contributed by atoms with Crippen molar-refractivity contribution in [2.75, 3.05) is 11.9 Å². The third kappa shape index (κ3) is 4.62. The zero-order chi connectivity index (χ0) is 18.6. The van der Waals surface area contributed by atoms with Crippen molar-refractivity contribution < 1.29 is 22.0 Å². The molecule has 0 fully saturated rings. The minimum atomic E-state index is -4.15. The van der Waals surface area contributed by atoms with Gasteiger partial charge in [-0.25, -0.2) is 21.9 Å². The molecule has 9 heteroatoms. The van der Waals surface area contributed by atoms with Gasteiger partial charge in [0.2, 0.25) is 10.0 Å². The number of benzene rings is 2. The van der Waals surface area contributed by atoms with Gasteiger partial charge in [0.25, 0.3) is 5.91 Å². The Morgan fingerprint density at radius 3 is 2.56 bits per heavy atom. The average Bonchev–Trinajstić information content (AvgIpc) is 2.55. The van der Waals surface area contributed by atoms with Crippen molar-refractivity contribution in [2.45, 2.75) is 4.90 Å². The van der Waals surface area contributed by atoms with E-state index in [9.17, 15) is 22.0 Å². The summed E-state index contributed by atoms with van der Waals surface area (Å²) >= 11 is 5.82. The molecule has 2 rings (SSSR count). The number of amides is 1. The minimum absolute atomic E-state index is 0.0315. The van der Waals surface area contributed by atoms with E-state index in [1.54, 1.807) is 0 Å².